The van der Waals surface area contributed by atoms with Gasteiger partial charge in [-0.05, 0) is 6.42 Å². The number of halogens is 1. The number of hydrogen-bond acceptors (Lipinski definition) is 2. The topological polar surface area (TPSA) is 57.5 Å². The molecule has 0 fully saturated rings. The van der Waals surface area contributed by atoms with Crippen LogP contribution in [0.4, 0.5) is 0 Å². The Morgan fingerprint density at radius 2 is 2.20 bits per heavy atom. The van der Waals surface area contributed by atoms with Crippen molar-refractivity contribution < 1.29 is 15.0 Å². The van der Waals surface area contributed by atoms with Crippen molar-refractivity contribution in [1.82, 2.24) is 0 Å². The second kappa shape index (κ2) is 4.52. The molecule has 0 aliphatic rings. The largest absolute Gasteiger partial charge is 0.481 e. The number of carbonyl (C=O) groups is 1. The van der Waals surface area contributed by atoms with E-state index in [1.807, 2.05) is 0 Å². The van der Waals surface area contributed by atoms with E-state index in [0.717, 1.165) is 0 Å². The first-order valence-electron chi connectivity index (χ1n) is 3.11. The fraction of sp³-hybridized carbons (Fsp3) is 0.833. The molecule has 0 aliphatic heterocycles. The van der Waals surface area contributed by atoms with Gasteiger partial charge in [0, 0.05) is 0 Å². The summed E-state index contributed by atoms with van der Waals surface area (Å²) >= 11 is 5.55. The lowest BCUT2D eigenvalue weighted by atomic mass is 10.1. The van der Waals surface area contributed by atoms with Crippen LogP contribution in [0.5, 0.6) is 0 Å². The SMILES string of the molecule is CCC(Cl)[C@@H](O)CC(=O)O. The number of aliphatic hydroxyl groups is 1. The van der Waals surface area contributed by atoms with E-state index < -0.39 is 17.5 Å². The van der Waals surface area contributed by atoms with E-state index in [2.05, 4.69) is 0 Å². The molecule has 2 atom stereocenters. The number of hydrogen-bond donors (Lipinski definition) is 2. The molecule has 0 aromatic heterocycles. The molecule has 0 saturated heterocycles. The number of aliphatic hydroxyl groups excluding tert-OH is 1. The fourth-order valence-electron chi connectivity index (χ4n) is 0.579. The monoisotopic (exact) mass is 166 g/mol. The molecule has 60 valence electrons. The summed E-state index contributed by atoms with van der Waals surface area (Å²) in [4.78, 5) is 10.0. The maximum atomic E-state index is 10.0. The molecule has 2 N–H and O–H groups in total. The maximum Gasteiger partial charge on any atom is 0.306 e. The third-order valence-electron chi connectivity index (χ3n) is 1.19. The average Bonchev–Trinajstić information content (AvgIpc) is 1.85. The van der Waals surface area contributed by atoms with Crippen molar-refractivity contribution in [3.63, 3.8) is 0 Å². The highest BCUT2D eigenvalue weighted by Crippen LogP contribution is 2.09. The molecule has 0 aliphatic carbocycles. The van der Waals surface area contributed by atoms with Crippen LogP contribution in [0.1, 0.15) is 19.8 Å². The van der Waals surface area contributed by atoms with Crippen LogP contribution in [0, 0.1) is 0 Å². The van der Waals surface area contributed by atoms with Crippen LogP contribution < -0.4 is 0 Å². The summed E-state index contributed by atoms with van der Waals surface area (Å²) < 4.78 is 0. The summed E-state index contributed by atoms with van der Waals surface area (Å²) in [6.07, 6.45) is -0.623. The lowest BCUT2D eigenvalue weighted by Crippen LogP contribution is -2.23. The number of aliphatic carboxylic acids is 1. The molecule has 0 heterocycles. The first-order valence-corrected chi connectivity index (χ1v) is 3.55. The van der Waals surface area contributed by atoms with E-state index in [1.54, 1.807) is 6.92 Å². The Balaban J connectivity index is 3.61. The highest BCUT2D eigenvalue weighted by atomic mass is 35.5. The molecule has 0 bridgehead atoms. The van der Waals surface area contributed by atoms with E-state index in [1.165, 1.54) is 0 Å². The van der Waals surface area contributed by atoms with Crippen LogP contribution in [0.2, 0.25) is 0 Å². The minimum Gasteiger partial charge on any atom is -0.481 e. The standard InChI is InChI=1S/C6H11ClO3/c1-2-4(7)5(8)3-6(9)10/h4-5,8H,2-3H2,1H3,(H,9,10)/t4?,5-/m0/s1. The zero-order chi connectivity index (χ0) is 8.15. The van der Waals surface area contributed by atoms with Crippen molar-refractivity contribution in [1.29, 1.82) is 0 Å². The molecule has 1 unspecified atom stereocenters. The van der Waals surface area contributed by atoms with Crippen molar-refractivity contribution in [3.05, 3.63) is 0 Å². The second-order valence-electron chi connectivity index (χ2n) is 2.09. The first kappa shape index (κ1) is 9.72. The Hall–Kier alpha value is -0.280. The summed E-state index contributed by atoms with van der Waals surface area (Å²) in [5.41, 5.74) is 0. The van der Waals surface area contributed by atoms with Crippen LogP contribution in [0.25, 0.3) is 0 Å². The van der Waals surface area contributed by atoms with E-state index in [4.69, 9.17) is 21.8 Å². The Bertz CT molecular complexity index is 116. The van der Waals surface area contributed by atoms with Gasteiger partial charge in [-0.2, -0.15) is 0 Å². The van der Waals surface area contributed by atoms with Gasteiger partial charge in [-0.1, -0.05) is 6.92 Å². The molecule has 0 aromatic carbocycles. The summed E-state index contributed by atoms with van der Waals surface area (Å²) in [5, 5.41) is 16.7. The molecular weight excluding hydrogens is 156 g/mol. The average molecular weight is 167 g/mol. The van der Waals surface area contributed by atoms with Crippen LogP contribution in [0.15, 0.2) is 0 Å². The van der Waals surface area contributed by atoms with Crippen LogP contribution >= 0.6 is 11.6 Å². The minimum absolute atomic E-state index is 0.276. The summed E-state index contributed by atoms with van der Waals surface area (Å²) in [5.74, 6) is -1.02. The van der Waals surface area contributed by atoms with Crippen LogP contribution in [0.3, 0.4) is 0 Å². The minimum atomic E-state index is -1.02. The second-order valence-corrected chi connectivity index (χ2v) is 2.65. The zero-order valence-electron chi connectivity index (χ0n) is 5.75. The predicted molar refractivity (Wildman–Crippen MR) is 38.2 cm³/mol. The van der Waals surface area contributed by atoms with Gasteiger partial charge in [-0.15, -0.1) is 11.6 Å². The molecule has 10 heavy (non-hydrogen) atoms. The van der Waals surface area contributed by atoms with Gasteiger partial charge in [0.15, 0.2) is 0 Å². The third kappa shape index (κ3) is 3.69. The van der Waals surface area contributed by atoms with Crippen LogP contribution in [-0.2, 0) is 4.79 Å². The Kier molecular flexibility index (Phi) is 4.40. The molecule has 0 radical (unpaired) electrons. The van der Waals surface area contributed by atoms with E-state index in [-0.39, 0.29) is 6.42 Å². The van der Waals surface area contributed by atoms with Crippen LogP contribution in [-0.4, -0.2) is 27.7 Å². The lowest BCUT2D eigenvalue weighted by Gasteiger charge is -2.11. The first-order chi connectivity index (χ1) is 4.57. The van der Waals surface area contributed by atoms with Gasteiger partial charge in [0.1, 0.15) is 0 Å². The lowest BCUT2D eigenvalue weighted by molar-refractivity contribution is -0.139. The zero-order valence-corrected chi connectivity index (χ0v) is 6.51. The summed E-state index contributed by atoms with van der Waals surface area (Å²) in [6.45, 7) is 1.79. The van der Waals surface area contributed by atoms with Crippen molar-refractivity contribution in [2.24, 2.45) is 0 Å². The normalized spacial score (nSPS) is 16.3. The Morgan fingerprint density at radius 3 is 2.50 bits per heavy atom. The highest BCUT2D eigenvalue weighted by Gasteiger charge is 2.16. The molecule has 0 spiro atoms. The molecule has 0 amide bonds. The van der Waals surface area contributed by atoms with Crippen molar-refractivity contribution in [2.45, 2.75) is 31.2 Å². The van der Waals surface area contributed by atoms with Crippen molar-refractivity contribution in [3.8, 4) is 0 Å². The molecule has 3 nitrogen and oxygen atoms in total. The Morgan fingerprint density at radius 1 is 1.70 bits per heavy atom. The van der Waals surface area contributed by atoms with Gasteiger partial charge in [0.2, 0.25) is 0 Å². The van der Waals surface area contributed by atoms with E-state index in [9.17, 15) is 4.79 Å². The van der Waals surface area contributed by atoms with Gasteiger partial charge in [0.25, 0.3) is 0 Å². The Labute approximate surface area is 64.6 Å². The summed E-state index contributed by atoms with van der Waals surface area (Å²) in [7, 11) is 0. The predicted octanol–water partition coefficient (Wildman–Crippen LogP) is 0.839. The molecule has 0 rings (SSSR count). The molecule has 0 aromatic rings. The van der Waals surface area contributed by atoms with Gasteiger partial charge in [-0.25, -0.2) is 0 Å². The molecular formula is C6H11ClO3. The van der Waals surface area contributed by atoms with E-state index >= 15 is 0 Å². The van der Waals surface area contributed by atoms with Gasteiger partial charge >= 0.3 is 5.97 Å². The third-order valence-corrected chi connectivity index (χ3v) is 1.79. The quantitative estimate of drug-likeness (QED) is 0.609. The number of alkyl halides is 1. The number of rotatable bonds is 4. The van der Waals surface area contributed by atoms with E-state index in [0.29, 0.717) is 6.42 Å². The van der Waals surface area contributed by atoms with Crippen molar-refractivity contribution >= 4 is 17.6 Å². The van der Waals surface area contributed by atoms with Gasteiger partial charge in [0.05, 0.1) is 17.9 Å². The van der Waals surface area contributed by atoms with Gasteiger partial charge < -0.3 is 10.2 Å². The number of carboxylic acid groups (broad SMARTS) is 1. The molecule has 0 saturated carbocycles. The summed E-state index contributed by atoms with van der Waals surface area (Å²) in [6, 6.07) is 0. The maximum absolute atomic E-state index is 10.0. The van der Waals surface area contributed by atoms with Crippen molar-refractivity contribution in [2.75, 3.05) is 0 Å². The van der Waals surface area contributed by atoms with Gasteiger partial charge in [-0.3, -0.25) is 4.79 Å². The fourth-order valence-corrected chi connectivity index (χ4v) is 0.668. The number of carboxylic acids is 1. The molecule has 4 heteroatoms. The highest BCUT2D eigenvalue weighted by molar-refractivity contribution is 6.21. The smallest absolute Gasteiger partial charge is 0.306 e.